The van der Waals surface area contributed by atoms with Gasteiger partial charge in [-0.25, -0.2) is 33.7 Å². The third-order valence-corrected chi connectivity index (χ3v) is 20.5. The standard InChI is InChI=1S/C54H60N6O14S4/c1-39-5-15-45(16-6-39)75(63,64)57-25-32-72-34-30-60(78(69,70)48-21-11-42(4)12-22-48)50-37-43(14-24-51(50)73-35-27-57)53(55-61)54(56-62)44-13-23-49-52(38-44)74-36-28-58(76(65,66)46-17-7-40(2)8-18-46)26-31-71-33-29-59(49)77(67,68)47-19-9-41(3)10-20-47/h5-24,37-38,61-62H,25-36H2,1-4H3/b55-53-,56-54+. The summed E-state index contributed by atoms with van der Waals surface area (Å²) in [4.78, 5) is 0.0178. The lowest BCUT2D eigenvalue weighted by atomic mass is 9.98. The number of nitrogens with zero attached hydrogens (tertiary/aromatic N) is 6. The molecule has 2 aliphatic rings. The summed E-state index contributed by atoms with van der Waals surface area (Å²) in [6.07, 6.45) is 0. The summed E-state index contributed by atoms with van der Waals surface area (Å²) in [5, 5.41) is 28.8. The smallest absolute Gasteiger partial charge is 0.264 e. The molecule has 24 heteroatoms. The molecular weight excluding hydrogens is 1080 g/mol. The fourth-order valence-electron chi connectivity index (χ4n) is 8.63. The Morgan fingerprint density at radius 1 is 0.385 bits per heavy atom. The van der Waals surface area contributed by atoms with E-state index < -0.39 is 51.5 Å². The van der Waals surface area contributed by atoms with Gasteiger partial charge in [0, 0.05) is 37.3 Å². The van der Waals surface area contributed by atoms with Crippen molar-refractivity contribution in [2.45, 2.75) is 47.3 Å². The lowest BCUT2D eigenvalue weighted by Crippen LogP contribution is -2.39. The number of hydrogen-bond donors (Lipinski definition) is 2. The van der Waals surface area contributed by atoms with Crippen LogP contribution >= 0.6 is 0 Å². The van der Waals surface area contributed by atoms with Crippen LogP contribution in [0, 0.1) is 27.7 Å². The second-order valence-corrected chi connectivity index (χ2v) is 26.0. The fourth-order valence-corrected chi connectivity index (χ4v) is 14.4. The Morgan fingerprint density at radius 3 is 1.13 bits per heavy atom. The van der Waals surface area contributed by atoms with Gasteiger partial charge in [0.1, 0.15) is 36.1 Å². The van der Waals surface area contributed by atoms with Gasteiger partial charge in [-0.2, -0.15) is 8.61 Å². The van der Waals surface area contributed by atoms with Gasteiger partial charge in [0.05, 0.1) is 70.5 Å². The van der Waals surface area contributed by atoms with E-state index in [1.807, 2.05) is 27.7 Å². The first kappa shape index (κ1) is 57.3. The number of rotatable bonds is 11. The minimum absolute atomic E-state index is 0.000270. The van der Waals surface area contributed by atoms with Crippen molar-refractivity contribution in [1.29, 1.82) is 0 Å². The van der Waals surface area contributed by atoms with E-state index in [-0.39, 0.29) is 132 Å². The molecule has 414 valence electrons. The second kappa shape index (κ2) is 24.4. The Bertz CT molecular complexity index is 3620. The van der Waals surface area contributed by atoms with E-state index in [0.717, 1.165) is 30.9 Å². The van der Waals surface area contributed by atoms with Crippen LogP contribution < -0.4 is 18.1 Å². The highest BCUT2D eigenvalue weighted by atomic mass is 32.2. The molecule has 78 heavy (non-hydrogen) atoms. The molecule has 0 spiro atoms. The molecule has 0 saturated carbocycles. The molecule has 0 aromatic heterocycles. The predicted molar refractivity (Wildman–Crippen MR) is 293 cm³/mol. The molecule has 0 atom stereocenters. The summed E-state index contributed by atoms with van der Waals surface area (Å²) < 4.78 is 143. The van der Waals surface area contributed by atoms with E-state index in [2.05, 4.69) is 10.3 Å². The molecule has 0 fully saturated rings. The lowest BCUT2D eigenvalue weighted by Gasteiger charge is -2.29. The summed E-state index contributed by atoms with van der Waals surface area (Å²) in [6.45, 7) is 5.17. The molecule has 20 nitrogen and oxygen atoms in total. The van der Waals surface area contributed by atoms with Gasteiger partial charge in [-0.1, -0.05) is 87.2 Å². The maximum absolute atomic E-state index is 14.7. The van der Waals surface area contributed by atoms with Crippen LogP contribution in [0.2, 0.25) is 0 Å². The Kier molecular flexibility index (Phi) is 17.9. The van der Waals surface area contributed by atoms with Gasteiger partial charge in [0.15, 0.2) is 0 Å². The van der Waals surface area contributed by atoms with Gasteiger partial charge < -0.3 is 29.4 Å². The lowest BCUT2D eigenvalue weighted by molar-refractivity contribution is 0.125. The largest absolute Gasteiger partial charge is 0.490 e. The molecule has 2 aliphatic heterocycles. The summed E-state index contributed by atoms with van der Waals surface area (Å²) in [7, 11) is -16.8. The monoisotopic (exact) mass is 1140 g/mol. The van der Waals surface area contributed by atoms with Gasteiger partial charge in [-0.05, 0) is 107 Å². The molecule has 8 rings (SSSR count). The van der Waals surface area contributed by atoms with Gasteiger partial charge in [0.25, 0.3) is 20.0 Å². The van der Waals surface area contributed by atoms with E-state index in [1.54, 1.807) is 48.5 Å². The fraction of sp³-hybridized carbons (Fsp3) is 0.296. The highest BCUT2D eigenvalue weighted by Gasteiger charge is 2.33. The second-order valence-electron chi connectivity index (χ2n) is 18.4. The van der Waals surface area contributed by atoms with E-state index >= 15 is 0 Å². The zero-order chi connectivity index (χ0) is 55.8. The number of anilines is 2. The van der Waals surface area contributed by atoms with Crippen molar-refractivity contribution < 1.29 is 63.0 Å². The van der Waals surface area contributed by atoms with Crippen LogP contribution in [0.4, 0.5) is 11.4 Å². The van der Waals surface area contributed by atoms with Crippen molar-refractivity contribution >= 4 is 62.9 Å². The van der Waals surface area contributed by atoms with Gasteiger partial charge >= 0.3 is 0 Å². The molecule has 6 aromatic rings. The zero-order valence-electron chi connectivity index (χ0n) is 43.3. The number of oxime groups is 2. The molecule has 0 aliphatic carbocycles. The zero-order valence-corrected chi connectivity index (χ0v) is 46.6. The van der Waals surface area contributed by atoms with E-state index in [1.165, 1.54) is 93.5 Å². The summed E-state index contributed by atoms with van der Waals surface area (Å²) >= 11 is 0. The van der Waals surface area contributed by atoms with Gasteiger partial charge in [-0.15, -0.1) is 0 Å². The Morgan fingerprint density at radius 2 is 0.718 bits per heavy atom. The van der Waals surface area contributed by atoms with Crippen molar-refractivity contribution in [3.8, 4) is 11.5 Å². The van der Waals surface area contributed by atoms with Crippen LogP contribution in [0.25, 0.3) is 0 Å². The number of sulfonamides is 4. The molecule has 6 aromatic carbocycles. The molecule has 2 heterocycles. The van der Waals surface area contributed by atoms with E-state index in [0.29, 0.717) is 0 Å². The van der Waals surface area contributed by atoms with Crippen molar-refractivity contribution in [3.05, 3.63) is 167 Å². The Labute approximate surface area is 455 Å². The quantitative estimate of drug-likeness (QED) is 0.0792. The Hall–Kier alpha value is -6.90. The predicted octanol–water partition coefficient (Wildman–Crippen LogP) is 6.57. The minimum Gasteiger partial charge on any atom is -0.490 e. The third kappa shape index (κ3) is 12.7. The van der Waals surface area contributed by atoms with Crippen LogP contribution in [0.3, 0.4) is 0 Å². The van der Waals surface area contributed by atoms with Gasteiger partial charge in [-0.3, -0.25) is 8.61 Å². The molecule has 0 bridgehead atoms. The van der Waals surface area contributed by atoms with Crippen LogP contribution in [0.15, 0.2) is 163 Å². The average Bonchev–Trinajstić information content (AvgIpc) is 3.51. The van der Waals surface area contributed by atoms with Crippen molar-refractivity contribution in [2.75, 3.05) is 87.5 Å². The normalized spacial score (nSPS) is 16.7. The van der Waals surface area contributed by atoms with Crippen molar-refractivity contribution in [3.63, 3.8) is 0 Å². The first-order chi connectivity index (χ1) is 37.2. The molecule has 2 N–H and O–H groups in total. The van der Waals surface area contributed by atoms with Crippen molar-refractivity contribution in [2.24, 2.45) is 10.3 Å². The molecule has 0 radical (unpaired) electrons. The SMILES string of the molecule is Cc1ccc(S(=O)(=O)N2CCOCCN(S(=O)(=O)c3ccc(C)cc3)c3ccc(C(=N\O)/C(=N\O)c4ccc5c(c4)N(S(=O)(=O)c4ccc(C)cc4)CCOCCN(S(=O)(=O)c4ccc(C)cc4)CCO5)cc3OCC2)cc1. The first-order valence-electron chi connectivity index (χ1n) is 24.7. The first-order valence-corrected chi connectivity index (χ1v) is 30.5. The van der Waals surface area contributed by atoms with E-state index in [9.17, 15) is 44.1 Å². The average molecular weight is 1150 g/mol. The number of benzene rings is 6. The number of fused-ring (bicyclic) bond motifs is 2. The minimum atomic E-state index is -4.41. The number of hydrogen-bond acceptors (Lipinski definition) is 16. The Balaban J connectivity index is 1.19. The third-order valence-electron chi connectivity index (χ3n) is 13.0. The van der Waals surface area contributed by atoms with Gasteiger partial charge in [0.2, 0.25) is 20.0 Å². The summed E-state index contributed by atoms with van der Waals surface area (Å²) in [5.74, 6) is -0.109. The number of aryl methyl sites for hydroxylation is 4. The van der Waals surface area contributed by atoms with Crippen molar-refractivity contribution in [1.82, 2.24) is 8.61 Å². The molecule has 0 unspecified atom stereocenters. The molecular formula is C54H60N6O14S4. The summed E-state index contributed by atoms with van der Waals surface area (Å²) in [6, 6.07) is 33.5. The number of ether oxygens (including phenoxy) is 4. The van der Waals surface area contributed by atoms with Crippen LogP contribution in [-0.2, 0) is 49.6 Å². The molecule has 0 saturated heterocycles. The van der Waals surface area contributed by atoms with Crippen LogP contribution in [0.1, 0.15) is 33.4 Å². The topological polar surface area (TPSA) is 252 Å². The summed E-state index contributed by atoms with van der Waals surface area (Å²) in [5.41, 5.74) is 2.53. The molecule has 0 amide bonds. The van der Waals surface area contributed by atoms with Crippen LogP contribution in [0.5, 0.6) is 11.5 Å². The highest BCUT2D eigenvalue weighted by molar-refractivity contribution is 7.93. The maximum atomic E-state index is 14.7. The maximum Gasteiger partial charge on any atom is 0.264 e. The van der Waals surface area contributed by atoms with E-state index in [4.69, 9.17) is 18.9 Å². The highest BCUT2D eigenvalue weighted by Crippen LogP contribution is 2.37. The van der Waals surface area contributed by atoms with Crippen LogP contribution in [-0.4, -0.2) is 143 Å².